The number of carboxylic acids is 1. The predicted molar refractivity (Wildman–Crippen MR) is 64.8 cm³/mol. The van der Waals surface area contributed by atoms with E-state index >= 15 is 0 Å². The van der Waals surface area contributed by atoms with Gasteiger partial charge < -0.3 is 15.3 Å². The van der Waals surface area contributed by atoms with E-state index in [-0.39, 0.29) is 6.03 Å². The van der Waals surface area contributed by atoms with Crippen LogP contribution in [0.1, 0.15) is 39.5 Å². The summed E-state index contributed by atoms with van der Waals surface area (Å²) in [4.78, 5) is 24.7. The quantitative estimate of drug-likeness (QED) is 0.788. The van der Waals surface area contributed by atoms with Crippen LogP contribution in [0.15, 0.2) is 0 Å². The van der Waals surface area contributed by atoms with Gasteiger partial charge in [-0.25, -0.2) is 9.59 Å². The molecule has 1 fully saturated rings. The fraction of sp³-hybridized carbons (Fsp3) is 0.833. The molecule has 0 radical (unpaired) electrons. The van der Waals surface area contributed by atoms with Crippen LogP contribution in [0.3, 0.4) is 0 Å². The van der Waals surface area contributed by atoms with Crippen LogP contribution in [0.5, 0.6) is 0 Å². The fourth-order valence-corrected chi connectivity index (χ4v) is 2.30. The highest BCUT2D eigenvalue weighted by atomic mass is 16.4. The molecule has 0 aromatic rings. The molecule has 0 aliphatic heterocycles. The number of rotatable bonds is 4. The van der Waals surface area contributed by atoms with Crippen LogP contribution in [0.2, 0.25) is 0 Å². The van der Waals surface area contributed by atoms with Crippen molar-refractivity contribution in [2.24, 2.45) is 5.92 Å². The van der Waals surface area contributed by atoms with Crippen molar-refractivity contribution in [1.29, 1.82) is 0 Å². The molecule has 17 heavy (non-hydrogen) atoms. The molecule has 0 saturated heterocycles. The summed E-state index contributed by atoms with van der Waals surface area (Å²) >= 11 is 0. The van der Waals surface area contributed by atoms with Gasteiger partial charge in [0.15, 0.2) is 0 Å². The molecular weight excluding hydrogens is 220 g/mol. The van der Waals surface area contributed by atoms with E-state index in [0.717, 1.165) is 12.8 Å². The molecule has 1 saturated carbocycles. The third-order valence-electron chi connectivity index (χ3n) is 3.20. The minimum atomic E-state index is -1.04. The molecule has 5 heteroatoms. The lowest BCUT2D eigenvalue weighted by Gasteiger charge is -2.29. The topological polar surface area (TPSA) is 69.6 Å². The number of hydrogen-bond donors (Lipinski definition) is 2. The van der Waals surface area contributed by atoms with Crippen molar-refractivity contribution in [2.45, 2.75) is 45.1 Å². The summed E-state index contributed by atoms with van der Waals surface area (Å²) in [5.41, 5.74) is -1.04. The Morgan fingerprint density at radius 1 is 1.35 bits per heavy atom. The number of amides is 2. The van der Waals surface area contributed by atoms with Gasteiger partial charge in [0.1, 0.15) is 5.54 Å². The van der Waals surface area contributed by atoms with E-state index in [2.05, 4.69) is 5.32 Å². The Morgan fingerprint density at radius 2 is 1.88 bits per heavy atom. The number of hydrogen-bond acceptors (Lipinski definition) is 2. The first-order valence-corrected chi connectivity index (χ1v) is 6.14. The van der Waals surface area contributed by atoms with Crippen LogP contribution >= 0.6 is 0 Å². The second-order valence-electron chi connectivity index (χ2n) is 5.30. The van der Waals surface area contributed by atoms with E-state index in [4.69, 9.17) is 0 Å². The van der Waals surface area contributed by atoms with Crippen molar-refractivity contribution in [3.05, 3.63) is 0 Å². The molecule has 2 amide bonds. The van der Waals surface area contributed by atoms with E-state index in [1.54, 1.807) is 11.9 Å². The van der Waals surface area contributed by atoms with Crippen molar-refractivity contribution in [1.82, 2.24) is 10.2 Å². The van der Waals surface area contributed by atoms with Crippen LogP contribution in [0.4, 0.5) is 4.79 Å². The van der Waals surface area contributed by atoms with Gasteiger partial charge in [-0.2, -0.15) is 0 Å². The van der Waals surface area contributed by atoms with Gasteiger partial charge in [-0.3, -0.25) is 0 Å². The Morgan fingerprint density at radius 3 is 2.29 bits per heavy atom. The number of nitrogens with zero attached hydrogens (tertiary/aromatic N) is 1. The Bertz CT molecular complexity index is 296. The molecule has 1 rings (SSSR count). The molecule has 0 heterocycles. The Balaban J connectivity index is 2.62. The first-order valence-electron chi connectivity index (χ1n) is 6.14. The zero-order chi connectivity index (χ0) is 13.1. The fourth-order valence-electron chi connectivity index (χ4n) is 2.30. The summed E-state index contributed by atoms with van der Waals surface area (Å²) in [6.45, 7) is 4.67. The van der Waals surface area contributed by atoms with Gasteiger partial charge in [0.25, 0.3) is 0 Å². The Hall–Kier alpha value is -1.26. The minimum Gasteiger partial charge on any atom is -0.480 e. The lowest BCUT2D eigenvalue weighted by atomic mass is 9.98. The zero-order valence-electron chi connectivity index (χ0n) is 10.8. The van der Waals surface area contributed by atoms with Crippen molar-refractivity contribution in [3.63, 3.8) is 0 Å². The van der Waals surface area contributed by atoms with E-state index in [1.165, 1.54) is 0 Å². The van der Waals surface area contributed by atoms with Crippen molar-refractivity contribution in [3.8, 4) is 0 Å². The van der Waals surface area contributed by atoms with E-state index in [0.29, 0.717) is 25.3 Å². The third kappa shape index (κ3) is 3.35. The molecule has 1 aliphatic rings. The number of carbonyl (C=O) groups excluding carboxylic acids is 1. The van der Waals surface area contributed by atoms with Crippen LogP contribution in [-0.4, -0.2) is 41.1 Å². The molecule has 0 bridgehead atoms. The molecular formula is C12H22N2O3. The first kappa shape index (κ1) is 13.8. The highest BCUT2D eigenvalue weighted by Crippen LogP contribution is 2.30. The van der Waals surface area contributed by atoms with Gasteiger partial charge >= 0.3 is 12.0 Å². The van der Waals surface area contributed by atoms with Gasteiger partial charge in [-0.1, -0.05) is 26.7 Å². The number of nitrogens with one attached hydrogen (secondary N) is 1. The molecule has 0 aromatic heterocycles. The van der Waals surface area contributed by atoms with Gasteiger partial charge in [-0.15, -0.1) is 0 Å². The van der Waals surface area contributed by atoms with Gasteiger partial charge in [0.05, 0.1) is 0 Å². The second-order valence-corrected chi connectivity index (χ2v) is 5.30. The minimum absolute atomic E-state index is 0.289. The third-order valence-corrected chi connectivity index (χ3v) is 3.20. The van der Waals surface area contributed by atoms with Crippen LogP contribution in [-0.2, 0) is 4.79 Å². The average molecular weight is 242 g/mol. The molecule has 0 aromatic carbocycles. The van der Waals surface area contributed by atoms with E-state index < -0.39 is 11.5 Å². The maximum absolute atomic E-state index is 11.9. The molecule has 1 aliphatic carbocycles. The predicted octanol–water partition coefficient (Wildman–Crippen LogP) is 1.68. The van der Waals surface area contributed by atoms with Gasteiger partial charge in [-0.05, 0) is 18.8 Å². The van der Waals surface area contributed by atoms with Crippen LogP contribution in [0.25, 0.3) is 0 Å². The highest BCUT2D eigenvalue weighted by molar-refractivity contribution is 5.86. The largest absolute Gasteiger partial charge is 0.480 e. The van der Waals surface area contributed by atoms with E-state index in [1.807, 2.05) is 13.8 Å². The molecule has 5 nitrogen and oxygen atoms in total. The summed E-state index contributed by atoms with van der Waals surface area (Å²) in [5, 5.41) is 11.9. The zero-order valence-corrected chi connectivity index (χ0v) is 10.8. The van der Waals surface area contributed by atoms with Crippen molar-refractivity contribution < 1.29 is 14.7 Å². The van der Waals surface area contributed by atoms with Crippen LogP contribution in [0, 0.1) is 5.92 Å². The monoisotopic (exact) mass is 242 g/mol. The highest BCUT2D eigenvalue weighted by Gasteiger charge is 2.43. The number of urea groups is 1. The Labute approximate surface area is 102 Å². The second kappa shape index (κ2) is 5.38. The SMILES string of the molecule is CC(C)CN(C)C(=O)NC1(C(=O)O)CCCC1. The summed E-state index contributed by atoms with van der Waals surface area (Å²) in [6, 6.07) is -0.289. The summed E-state index contributed by atoms with van der Waals surface area (Å²) in [7, 11) is 1.69. The lowest BCUT2D eigenvalue weighted by Crippen LogP contribution is -2.56. The number of aliphatic carboxylic acids is 1. The molecule has 0 unspecified atom stereocenters. The van der Waals surface area contributed by atoms with Crippen molar-refractivity contribution >= 4 is 12.0 Å². The lowest BCUT2D eigenvalue weighted by molar-refractivity contribution is -0.144. The molecule has 0 atom stereocenters. The van der Waals surface area contributed by atoms with Gasteiger partial charge in [0.2, 0.25) is 0 Å². The smallest absolute Gasteiger partial charge is 0.329 e. The normalized spacial score (nSPS) is 18.1. The Kier molecular flexibility index (Phi) is 4.37. The van der Waals surface area contributed by atoms with E-state index in [9.17, 15) is 14.7 Å². The number of carbonyl (C=O) groups is 2. The average Bonchev–Trinajstić information content (AvgIpc) is 2.66. The van der Waals surface area contributed by atoms with Crippen molar-refractivity contribution in [2.75, 3.05) is 13.6 Å². The standard InChI is InChI=1S/C12H22N2O3/c1-9(2)8-14(3)11(17)13-12(10(15)16)6-4-5-7-12/h9H,4-8H2,1-3H3,(H,13,17)(H,15,16). The summed E-state index contributed by atoms with van der Waals surface area (Å²) < 4.78 is 0. The van der Waals surface area contributed by atoms with Gasteiger partial charge in [0, 0.05) is 13.6 Å². The molecule has 2 N–H and O–H groups in total. The number of carboxylic acid groups (broad SMARTS) is 1. The van der Waals surface area contributed by atoms with Crippen LogP contribution < -0.4 is 5.32 Å². The first-order chi connectivity index (χ1) is 7.87. The molecule has 98 valence electrons. The maximum atomic E-state index is 11.9. The molecule has 0 spiro atoms. The maximum Gasteiger partial charge on any atom is 0.329 e. The summed E-state index contributed by atoms with van der Waals surface area (Å²) in [6.07, 6.45) is 2.79. The summed E-state index contributed by atoms with van der Waals surface area (Å²) in [5.74, 6) is -0.545.